The molecule has 0 aliphatic carbocycles. The van der Waals surface area contributed by atoms with Gasteiger partial charge in [0.05, 0.1) is 12.7 Å². The zero-order valence-electron chi connectivity index (χ0n) is 15.3. The number of carbonyl (C=O) groups is 1. The zero-order valence-corrected chi connectivity index (χ0v) is 15.3. The Morgan fingerprint density at radius 2 is 2.07 bits per heavy atom. The highest BCUT2D eigenvalue weighted by Crippen LogP contribution is 2.35. The second-order valence-corrected chi connectivity index (χ2v) is 6.87. The van der Waals surface area contributed by atoms with E-state index in [2.05, 4.69) is 10.2 Å². The van der Waals surface area contributed by atoms with Crippen molar-refractivity contribution in [3.8, 4) is 11.5 Å². The van der Waals surface area contributed by atoms with Crippen molar-refractivity contribution in [1.82, 2.24) is 15.1 Å². The standard InChI is InChI=1S/C19H23N3O5/c1-25-12-7-8-13(15(23)11-12)19(24)22-9-3-2-5-14(22)17-20-21-18(27-17)16-6-4-10-26-16/h7-8,11,14,16,23H,2-6,9-10H2,1H3/t14?,16-/m1/s1. The summed E-state index contributed by atoms with van der Waals surface area (Å²) in [6, 6.07) is 4.38. The molecule has 2 saturated heterocycles. The first kappa shape index (κ1) is 17.8. The summed E-state index contributed by atoms with van der Waals surface area (Å²) < 4.78 is 16.6. The van der Waals surface area contributed by atoms with E-state index in [1.54, 1.807) is 17.0 Å². The molecule has 8 heteroatoms. The lowest BCUT2D eigenvalue weighted by Crippen LogP contribution is -2.38. The van der Waals surface area contributed by atoms with Crippen molar-refractivity contribution in [3.63, 3.8) is 0 Å². The first-order valence-electron chi connectivity index (χ1n) is 9.30. The molecule has 2 fully saturated rings. The van der Waals surface area contributed by atoms with Crippen LogP contribution in [0.15, 0.2) is 22.6 Å². The fraction of sp³-hybridized carbons (Fsp3) is 0.526. The normalized spacial score (nSPS) is 22.8. The Labute approximate surface area is 157 Å². The van der Waals surface area contributed by atoms with Gasteiger partial charge in [-0.25, -0.2) is 0 Å². The van der Waals surface area contributed by atoms with Gasteiger partial charge in [0.1, 0.15) is 23.6 Å². The van der Waals surface area contributed by atoms with E-state index in [9.17, 15) is 9.90 Å². The first-order valence-corrected chi connectivity index (χ1v) is 9.30. The van der Waals surface area contributed by atoms with E-state index in [0.717, 1.165) is 32.1 Å². The summed E-state index contributed by atoms with van der Waals surface area (Å²) in [6.07, 6.45) is 4.31. The zero-order chi connectivity index (χ0) is 18.8. The number of hydrogen-bond donors (Lipinski definition) is 1. The summed E-state index contributed by atoms with van der Waals surface area (Å²) in [4.78, 5) is 14.8. The monoisotopic (exact) mass is 373 g/mol. The summed E-state index contributed by atoms with van der Waals surface area (Å²) in [7, 11) is 1.51. The number of phenolic OH excluding ortho intramolecular Hbond substituents is 1. The van der Waals surface area contributed by atoms with Crippen molar-refractivity contribution in [2.24, 2.45) is 0 Å². The van der Waals surface area contributed by atoms with E-state index < -0.39 is 0 Å². The third-order valence-corrected chi connectivity index (χ3v) is 5.15. The highest BCUT2D eigenvalue weighted by atomic mass is 16.5. The Bertz CT molecular complexity index is 815. The highest BCUT2D eigenvalue weighted by molar-refractivity contribution is 5.97. The van der Waals surface area contributed by atoms with Crippen LogP contribution < -0.4 is 4.74 Å². The maximum atomic E-state index is 13.1. The van der Waals surface area contributed by atoms with Gasteiger partial charge in [-0.05, 0) is 44.2 Å². The molecule has 2 aliphatic heterocycles. The lowest BCUT2D eigenvalue weighted by Gasteiger charge is -2.33. The lowest BCUT2D eigenvalue weighted by atomic mass is 10.0. The van der Waals surface area contributed by atoms with Crippen LogP contribution >= 0.6 is 0 Å². The van der Waals surface area contributed by atoms with Gasteiger partial charge < -0.3 is 23.9 Å². The summed E-state index contributed by atoms with van der Waals surface area (Å²) in [5, 5.41) is 18.6. The van der Waals surface area contributed by atoms with Crippen LogP contribution in [0.1, 0.15) is 66.4 Å². The van der Waals surface area contributed by atoms with Crippen LogP contribution in [0.5, 0.6) is 11.5 Å². The number of aromatic hydroxyl groups is 1. The molecule has 3 heterocycles. The van der Waals surface area contributed by atoms with Crippen LogP contribution in [-0.4, -0.2) is 46.4 Å². The van der Waals surface area contributed by atoms with Gasteiger partial charge in [-0.1, -0.05) is 0 Å². The Balaban J connectivity index is 1.58. The molecular weight excluding hydrogens is 350 g/mol. The van der Waals surface area contributed by atoms with Gasteiger partial charge in [-0.15, -0.1) is 10.2 Å². The van der Waals surface area contributed by atoms with E-state index >= 15 is 0 Å². The summed E-state index contributed by atoms with van der Waals surface area (Å²) in [6.45, 7) is 1.28. The number of hydrogen-bond acceptors (Lipinski definition) is 7. The SMILES string of the molecule is COc1ccc(C(=O)N2CCCCC2c2nnc([C@H]3CCCO3)o2)c(O)c1. The van der Waals surface area contributed by atoms with Gasteiger partial charge in [-0.2, -0.15) is 0 Å². The van der Waals surface area contributed by atoms with Crippen LogP contribution in [0.3, 0.4) is 0 Å². The molecule has 0 saturated carbocycles. The number of rotatable bonds is 4. The van der Waals surface area contributed by atoms with E-state index in [1.165, 1.54) is 13.2 Å². The van der Waals surface area contributed by atoms with E-state index in [1.807, 2.05) is 0 Å². The van der Waals surface area contributed by atoms with Crippen molar-refractivity contribution in [3.05, 3.63) is 35.5 Å². The van der Waals surface area contributed by atoms with Gasteiger partial charge in [-0.3, -0.25) is 4.79 Å². The van der Waals surface area contributed by atoms with Crippen molar-refractivity contribution in [2.45, 2.75) is 44.2 Å². The number of phenols is 1. The van der Waals surface area contributed by atoms with Crippen LogP contribution in [0.25, 0.3) is 0 Å². The number of amides is 1. The molecule has 0 bridgehead atoms. The number of likely N-dealkylation sites (tertiary alicyclic amines) is 1. The summed E-state index contributed by atoms with van der Waals surface area (Å²) in [5.74, 6) is 1.05. The number of benzene rings is 1. The molecule has 2 aromatic rings. The molecule has 2 aliphatic rings. The van der Waals surface area contributed by atoms with Crippen molar-refractivity contribution in [1.29, 1.82) is 0 Å². The number of aromatic nitrogens is 2. The molecule has 144 valence electrons. The molecule has 27 heavy (non-hydrogen) atoms. The third kappa shape index (κ3) is 3.49. The van der Waals surface area contributed by atoms with Crippen molar-refractivity contribution >= 4 is 5.91 Å². The predicted octanol–water partition coefficient (Wildman–Crippen LogP) is 3.00. The molecule has 0 spiro atoms. The molecule has 4 rings (SSSR count). The van der Waals surface area contributed by atoms with Gasteiger partial charge in [0.15, 0.2) is 0 Å². The topological polar surface area (TPSA) is 97.9 Å². The second kappa shape index (κ2) is 7.56. The minimum Gasteiger partial charge on any atom is -0.507 e. The van der Waals surface area contributed by atoms with Gasteiger partial charge >= 0.3 is 0 Å². The van der Waals surface area contributed by atoms with Crippen LogP contribution in [0.2, 0.25) is 0 Å². The molecule has 0 radical (unpaired) electrons. The molecule has 1 aromatic heterocycles. The van der Waals surface area contributed by atoms with Gasteiger partial charge in [0.2, 0.25) is 11.8 Å². The maximum Gasteiger partial charge on any atom is 0.258 e. The smallest absolute Gasteiger partial charge is 0.258 e. The molecule has 1 N–H and O–H groups in total. The molecule has 8 nitrogen and oxygen atoms in total. The van der Waals surface area contributed by atoms with E-state index in [0.29, 0.717) is 30.7 Å². The van der Waals surface area contributed by atoms with Gasteiger partial charge in [0, 0.05) is 19.2 Å². The maximum absolute atomic E-state index is 13.1. The Morgan fingerprint density at radius 1 is 1.22 bits per heavy atom. The molecule has 1 aromatic carbocycles. The number of carbonyl (C=O) groups excluding carboxylic acids is 1. The largest absolute Gasteiger partial charge is 0.507 e. The van der Waals surface area contributed by atoms with E-state index in [-0.39, 0.29) is 29.4 Å². The quantitative estimate of drug-likeness (QED) is 0.879. The fourth-order valence-electron chi connectivity index (χ4n) is 3.69. The van der Waals surface area contributed by atoms with Crippen molar-refractivity contribution in [2.75, 3.05) is 20.3 Å². The number of piperidine rings is 1. The summed E-state index contributed by atoms with van der Waals surface area (Å²) >= 11 is 0. The van der Waals surface area contributed by atoms with Crippen LogP contribution in [0.4, 0.5) is 0 Å². The first-order chi connectivity index (χ1) is 13.2. The predicted molar refractivity (Wildman–Crippen MR) is 94.5 cm³/mol. The minimum atomic E-state index is -0.296. The highest BCUT2D eigenvalue weighted by Gasteiger charge is 2.34. The molecule has 2 atom stereocenters. The van der Waals surface area contributed by atoms with E-state index in [4.69, 9.17) is 13.9 Å². The number of methoxy groups -OCH3 is 1. The van der Waals surface area contributed by atoms with Crippen LogP contribution in [-0.2, 0) is 4.74 Å². The Kier molecular flexibility index (Phi) is 4.98. The van der Waals surface area contributed by atoms with Crippen LogP contribution in [0, 0.1) is 0 Å². The minimum absolute atomic E-state index is 0.103. The lowest BCUT2D eigenvalue weighted by molar-refractivity contribution is 0.0547. The third-order valence-electron chi connectivity index (χ3n) is 5.15. The molecule has 1 amide bonds. The molecule has 1 unspecified atom stereocenters. The molecular formula is C19H23N3O5. The number of ether oxygens (including phenoxy) is 2. The number of nitrogens with zero attached hydrogens (tertiary/aromatic N) is 3. The fourth-order valence-corrected chi connectivity index (χ4v) is 3.69. The van der Waals surface area contributed by atoms with Crippen molar-refractivity contribution < 1.29 is 23.8 Å². The summed E-state index contributed by atoms with van der Waals surface area (Å²) in [5.41, 5.74) is 0.238. The Morgan fingerprint density at radius 3 is 2.81 bits per heavy atom. The Hall–Kier alpha value is -2.61. The second-order valence-electron chi connectivity index (χ2n) is 6.87. The van der Waals surface area contributed by atoms with Gasteiger partial charge in [0.25, 0.3) is 5.91 Å². The average Bonchev–Trinajstić information content (AvgIpc) is 3.39. The average molecular weight is 373 g/mol.